The minimum Gasteiger partial charge on any atom is -0.368 e. The van der Waals surface area contributed by atoms with Crippen molar-refractivity contribution in [2.45, 2.75) is 37.8 Å². The van der Waals surface area contributed by atoms with Crippen LogP contribution < -0.4 is 5.32 Å². The molecule has 1 atom stereocenters. The standard InChI is InChI=1S/C11H20N2O2.ClH/c1-13(9-4-6-12-7-5-9)11(14)10-3-2-8-15-10;/h9-10,12H,2-8H2,1H3;1H. The fraction of sp³-hybridized carbons (Fsp3) is 0.909. The van der Waals surface area contributed by atoms with Gasteiger partial charge in [-0.15, -0.1) is 12.4 Å². The molecule has 0 saturated carbocycles. The van der Waals surface area contributed by atoms with Crippen LogP contribution in [0.1, 0.15) is 25.7 Å². The van der Waals surface area contributed by atoms with Gasteiger partial charge in [0.15, 0.2) is 0 Å². The number of amides is 1. The van der Waals surface area contributed by atoms with E-state index in [0.717, 1.165) is 45.4 Å². The molecule has 2 aliphatic rings. The summed E-state index contributed by atoms with van der Waals surface area (Å²) in [6.07, 6.45) is 3.89. The van der Waals surface area contributed by atoms with Gasteiger partial charge in [-0.1, -0.05) is 0 Å². The maximum absolute atomic E-state index is 12.0. The highest BCUT2D eigenvalue weighted by Gasteiger charge is 2.30. The molecule has 0 aromatic carbocycles. The Morgan fingerprint density at radius 3 is 2.56 bits per heavy atom. The van der Waals surface area contributed by atoms with Crippen molar-refractivity contribution in [1.29, 1.82) is 0 Å². The molecule has 0 aromatic rings. The molecule has 2 heterocycles. The third-order valence-electron chi connectivity index (χ3n) is 3.41. The minimum atomic E-state index is -0.162. The van der Waals surface area contributed by atoms with Gasteiger partial charge in [0.1, 0.15) is 6.10 Å². The summed E-state index contributed by atoms with van der Waals surface area (Å²) in [5.41, 5.74) is 0. The average molecular weight is 249 g/mol. The van der Waals surface area contributed by atoms with Gasteiger partial charge >= 0.3 is 0 Å². The van der Waals surface area contributed by atoms with E-state index in [4.69, 9.17) is 4.74 Å². The Balaban J connectivity index is 0.00000128. The van der Waals surface area contributed by atoms with Gasteiger partial charge in [0.2, 0.25) is 0 Å². The summed E-state index contributed by atoms with van der Waals surface area (Å²) in [7, 11) is 1.92. The Bertz CT molecular complexity index is 226. The zero-order valence-corrected chi connectivity index (χ0v) is 10.6. The lowest BCUT2D eigenvalue weighted by molar-refractivity contribution is -0.142. The maximum Gasteiger partial charge on any atom is 0.251 e. The van der Waals surface area contributed by atoms with Gasteiger partial charge in [0.05, 0.1) is 0 Å². The molecule has 1 unspecified atom stereocenters. The van der Waals surface area contributed by atoms with Crippen molar-refractivity contribution >= 4 is 18.3 Å². The van der Waals surface area contributed by atoms with Gasteiger partial charge in [-0.05, 0) is 38.8 Å². The lowest BCUT2D eigenvalue weighted by Gasteiger charge is -2.33. The fourth-order valence-corrected chi connectivity index (χ4v) is 2.37. The van der Waals surface area contributed by atoms with E-state index in [1.807, 2.05) is 11.9 Å². The minimum absolute atomic E-state index is 0. The fourth-order valence-electron chi connectivity index (χ4n) is 2.37. The number of rotatable bonds is 2. The molecule has 2 saturated heterocycles. The molecule has 0 bridgehead atoms. The molecule has 5 heteroatoms. The van der Waals surface area contributed by atoms with Gasteiger partial charge in [-0.2, -0.15) is 0 Å². The molecule has 2 rings (SSSR count). The molecule has 0 radical (unpaired) electrons. The third kappa shape index (κ3) is 3.09. The lowest BCUT2D eigenvalue weighted by atomic mass is 10.0. The SMILES string of the molecule is CN(C(=O)C1CCCO1)C1CCNCC1.Cl. The molecule has 4 nitrogen and oxygen atoms in total. The van der Waals surface area contributed by atoms with Crippen LogP contribution in [0, 0.1) is 0 Å². The van der Waals surface area contributed by atoms with Gasteiger partial charge < -0.3 is 15.0 Å². The number of likely N-dealkylation sites (N-methyl/N-ethyl adjacent to an activating group) is 1. The summed E-state index contributed by atoms with van der Waals surface area (Å²) >= 11 is 0. The second-order valence-electron chi connectivity index (χ2n) is 4.43. The van der Waals surface area contributed by atoms with Crippen molar-refractivity contribution in [3.05, 3.63) is 0 Å². The quantitative estimate of drug-likeness (QED) is 0.786. The van der Waals surface area contributed by atoms with E-state index < -0.39 is 0 Å². The maximum atomic E-state index is 12.0. The van der Waals surface area contributed by atoms with Crippen LogP contribution in [0.4, 0.5) is 0 Å². The number of halogens is 1. The normalized spacial score (nSPS) is 26.2. The predicted molar refractivity (Wildman–Crippen MR) is 64.9 cm³/mol. The number of carbonyl (C=O) groups excluding carboxylic acids is 1. The zero-order chi connectivity index (χ0) is 10.7. The zero-order valence-electron chi connectivity index (χ0n) is 9.78. The van der Waals surface area contributed by atoms with Crippen LogP contribution in [0.15, 0.2) is 0 Å². The first-order valence-corrected chi connectivity index (χ1v) is 5.88. The van der Waals surface area contributed by atoms with E-state index in [2.05, 4.69) is 5.32 Å². The van der Waals surface area contributed by atoms with Crippen LogP contribution in [0.25, 0.3) is 0 Å². The second kappa shape index (κ2) is 6.42. The number of nitrogens with one attached hydrogen (secondary N) is 1. The Labute approximate surface area is 103 Å². The summed E-state index contributed by atoms with van der Waals surface area (Å²) in [4.78, 5) is 13.9. The van der Waals surface area contributed by atoms with Gasteiger partial charge in [-0.25, -0.2) is 0 Å². The third-order valence-corrected chi connectivity index (χ3v) is 3.41. The number of hydrogen-bond acceptors (Lipinski definition) is 3. The van der Waals surface area contributed by atoms with E-state index in [9.17, 15) is 4.79 Å². The van der Waals surface area contributed by atoms with E-state index in [1.165, 1.54) is 0 Å². The van der Waals surface area contributed by atoms with Gasteiger partial charge in [0, 0.05) is 19.7 Å². The van der Waals surface area contributed by atoms with Gasteiger partial charge in [-0.3, -0.25) is 4.79 Å². The van der Waals surface area contributed by atoms with Crippen molar-refractivity contribution < 1.29 is 9.53 Å². The van der Waals surface area contributed by atoms with E-state index in [-0.39, 0.29) is 24.4 Å². The molecule has 94 valence electrons. The number of hydrogen-bond donors (Lipinski definition) is 1. The largest absolute Gasteiger partial charge is 0.368 e. The highest BCUT2D eigenvalue weighted by molar-refractivity contribution is 5.85. The second-order valence-corrected chi connectivity index (χ2v) is 4.43. The monoisotopic (exact) mass is 248 g/mol. The Morgan fingerprint density at radius 1 is 1.31 bits per heavy atom. The molecule has 1 N–H and O–H groups in total. The van der Waals surface area contributed by atoms with Crippen molar-refractivity contribution in [2.75, 3.05) is 26.7 Å². The first kappa shape index (κ1) is 13.7. The lowest BCUT2D eigenvalue weighted by Crippen LogP contribution is -2.47. The van der Waals surface area contributed by atoms with E-state index in [1.54, 1.807) is 0 Å². The Hall–Kier alpha value is -0.320. The molecule has 2 fully saturated rings. The highest BCUT2D eigenvalue weighted by Crippen LogP contribution is 2.18. The molecular weight excluding hydrogens is 228 g/mol. The van der Waals surface area contributed by atoms with Crippen molar-refractivity contribution in [2.24, 2.45) is 0 Å². The van der Waals surface area contributed by atoms with Crippen LogP contribution in [0.2, 0.25) is 0 Å². The van der Waals surface area contributed by atoms with Crippen LogP contribution in [-0.4, -0.2) is 49.7 Å². The topological polar surface area (TPSA) is 41.6 Å². The number of carbonyl (C=O) groups is 1. The molecule has 0 spiro atoms. The molecule has 2 aliphatic heterocycles. The first-order valence-electron chi connectivity index (χ1n) is 5.88. The van der Waals surface area contributed by atoms with E-state index in [0.29, 0.717) is 6.04 Å². The summed E-state index contributed by atoms with van der Waals surface area (Å²) in [6, 6.07) is 0.406. The first-order chi connectivity index (χ1) is 7.29. The summed E-state index contributed by atoms with van der Waals surface area (Å²) in [5, 5.41) is 3.31. The van der Waals surface area contributed by atoms with Crippen LogP contribution in [-0.2, 0) is 9.53 Å². The molecule has 16 heavy (non-hydrogen) atoms. The average Bonchev–Trinajstić information content (AvgIpc) is 2.82. The number of nitrogens with zero attached hydrogens (tertiary/aromatic N) is 1. The smallest absolute Gasteiger partial charge is 0.251 e. The number of ether oxygens (including phenoxy) is 1. The molecule has 0 aliphatic carbocycles. The summed E-state index contributed by atoms with van der Waals surface area (Å²) < 4.78 is 5.42. The van der Waals surface area contributed by atoms with Crippen LogP contribution in [0.3, 0.4) is 0 Å². The molecule has 1 amide bonds. The summed E-state index contributed by atoms with van der Waals surface area (Å²) in [5.74, 6) is 0.180. The Morgan fingerprint density at radius 2 is 2.00 bits per heavy atom. The van der Waals surface area contributed by atoms with Gasteiger partial charge in [0.25, 0.3) is 5.91 Å². The molecule has 0 aromatic heterocycles. The predicted octanol–water partition coefficient (Wildman–Crippen LogP) is 0.798. The van der Waals surface area contributed by atoms with Crippen molar-refractivity contribution in [3.8, 4) is 0 Å². The van der Waals surface area contributed by atoms with Crippen LogP contribution in [0.5, 0.6) is 0 Å². The van der Waals surface area contributed by atoms with E-state index >= 15 is 0 Å². The number of piperidine rings is 1. The van der Waals surface area contributed by atoms with Crippen molar-refractivity contribution in [1.82, 2.24) is 10.2 Å². The summed E-state index contributed by atoms with van der Waals surface area (Å²) in [6.45, 7) is 2.79. The van der Waals surface area contributed by atoms with Crippen LogP contribution >= 0.6 is 12.4 Å². The highest BCUT2D eigenvalue weighted by atomic mass is 35.5. The Kier molecular flexibility index (Phi) is 5.52. The van der Waals surface area contributed by atoms with Crippen molar-refractivity contribution in [3.63, 3.8) is 0 Å². The molecular formula is C11H21ClN2O2.